The van der Waals surface area contributed by atoms with E-state index in [0.29, 0.717) is 5.92 Å². The normalized spacial score (nSPS) is 17.8. The Hall–Kier alpha value is -1.09. The van der Waals surface area contributed by atoms with Crippen LogP contribution in [0.4, 0.5) is 5.69 Å². The van der Waals surface area contributed by atoms with Crippen molar-refractivity contribution in [1.29, 1.82) is 0 Å². The number of piperazine rings is 1. The van der Waals surface area contributed by atoms with Gasteiger partial charge in [0.05, 0.1) is 11.9 Å². The lowest BCUT2D eigenvalue weighted by Crippen LogP contribution is -2.44. The second-order valence-electron chi connectivity index (χ2n) is 5.32. The van der Waals surface area contributed by atoms with E-state index in [9.17, 15) is 0 Å². The van der Waals surface area contributed by atoms with Crippen molar-refractivity contribution >= 4 is 5.69 Å². The molecule has 1 aromatic rings. The number of likely N-dealkylation sites (N-methyl/N-ethyl adjacent to an activating group) is 1. The molecular formula is C14H23N3. The van der Waals surface area contributed by atoms with Gasteiger partial charge in [0.2, 0.25) is 0 Å². The number of anilines is 1. The molecule has 2 rings (SSSR count). The lowest BCUT2D eigenvalue weighted by molar-refractivity contribution is 0.312. The fourth-order valence-corrected chi connectivity index (χ4v) is 2.48. The highest BCUT2D eigenvalue weighted by Gasteiger charge is 2.17. The van der Waals surface area contributed by atoms with Gasteiger partial charge in [-0.2, -0.15) is 0 Å². The highest BCUT2D eigenvalue weighted by atomic mass is 15.2. The second kappa shape index (κ2) is 5.05. The van der Waals surface area contributed by atoms with E-state index in [0.717, 1.165) is 26.2 Å². The van der Waals surface area contributed by atoms with Crippen LogP contribution in [0.5, 0.6) is 0 Å². The van der Waals surface area contributed by atoms with Crippen molar-refractivity contribution in [2.24, 2.45) is 0 Å². The van der Waals surface area contributed by atoms with E-state index in [1.807, 2.05) is 12.4 Å². The van der Waals surface area contributed by atoms with Gasteiger partial charge in [-0.15, -0.1) is 0 Å². The zero-order chi connectivity index (χ0) is 12.4. The molecule has 1 aliphatic rings. The minimum absolute atomic E-state index is 0.551. The summed E-state index contributed by atoms with van der Waals surface area (Å²) < 4.78 is 0. The molecule has 2 heterocycles. The molecule has 0 aliphatic carbocycles. The maximum atomic E-state index is 4.41. The van der Waals surface area contributed by atoms with Crippen molar-refractivity contribution in [1.82, 2.24) is 9.88 Å². The van der Waals surface area contributed by atoms with Crippen molar-refractivity contribution < 1.29 is 0 Å². The summed E-state index contributed by atoms with van der Waals surface area (Å²) in [5.41, 5.74) is 4.10. The van der Waals surface area contributed by atoms with E-state index in [-0.39, 0.29) is 0 Å². The van der Waals surface area contributed by atoms with Crippen molar-refractivity contribution in [2.45, 2.75) is 26.7 Å². The molecule has 0 bridgehead atoms. The zero-order valence-electron chi connectivity index (χ0n) is 11.4. The Morgan fingerprint density at radius 1 is 1.12 bits per heavy atom. The van der Waals surface area contributed by atoms with Gasteiger partial charge in [-0.1, -0.05) is 13.8 Å². The summed E-state index contributed by atoms with van der Waals surface area (Å²) in [6, 6.07) is 0. The van der Waals surface area contributed by atoms with Crippen LogP contribution in [0.1, 0.15) is 30.9 Å². The smallest absolute Gasteiger partial charge is 0.0586 e. The Labute approximate surface area is 104 Å². The minimum Gasteiger partial charge on any atom is -0.368 e. The molecule has 3 nitrogen and oxygen atoms in total. The monoisotopic (exact) mass is 233 g/mol. The van der Waals surface area contributed by atoms with Crippen LogP contribution >= 0.6 is 0 Å². The number of hydrogen-bond acceptors (Lipinski definition) is 3. The Morgan fingerprint density at radius 3 is 2.35 bits per heavy atom. The van der Waals surface area contributed by atoms with Crippen LogP contribution in [0.25, 0.3) is 0 Å². The average molecular weight is 233 g/mol. The molecule has 1 fully saturated rings. The van der Waals surface area contributed by atoms with Crippen molar-refractivity contribution in [3.05, 3.63) is 23.5 Å². The van der Waals surface area contributed by atoms with Crippen LogP contribution in [0.15, 0.2) is 12.4 Å². The first-order valence-corrected chi connectivity index (χ1v) is 6.47. The van der Waals surface area contributed by atoms with Crippen molar-refractivity contribution in [3.63, 3.8) is 0 Å². The molecule has 3 heteroatoms. The third kappa shape index (κ3) is 2.60. The second-order valence-corrected chi connectivity index (χ2v) is 5.32. The van der Waals surface area contributed by atoms with Gasteiger partial charge in [0.25, 0.3) is 0 Å². The molecule has 94 valence electrons. The van der Waals surface area contributed by atoms with Gasteiger partial charge in [0.1, 0.15) is 0 Å². The number of pyridine rings is 1. The molecule has 0 aromatic carbocycles. The van der Waals surface area contributed by atoms with E-state index in [1.165, 1.54) is 16.8 Å². The van der Waals surface area contributed by atoms with E-state index < -0.39 is 0 Å². The molecule has 0 amide bonds. The average Bonchev–Trinajstić information content (AvgIpc) is 2.30. The van der Waals surface area contributed by atoms with Crippen LogP contribution in [0.3, 0.4) is 0 Å². The van der Waals surface area contributed by atoms with Gasteiger partial charge in [0, 0.05) is 32.4 Å². The first kappa shape index (κ1) is 12.4. The van der Waals surface area contributed by atoms with Gasteiger partial charge >= 0.3 is 0 Å². The fraction of sp³-hybridized carbons (Fsp3) is 0.643. The molecular weight excluding hydrogens is 210 g/mol. The number of hydrogen-bond donors (Lipinski definition) is 0. The lowest BCUT2D eigenvalue weighted by atomic mass is 9.99. The third-order valence-corrected chi connectivity index (χ3v) is 3.69. The summed E-state index contributed by atoms with van der Waals surface area (Å²) in [6.45, 7) is 11.2. The lowest BCUT2D eigenvalue weighted by Gasteiger charge is -2.35. The quantitative estimate of drug-likeness (QED) is 0.781. The molecule has 1 aromatic heterocycles. The highest BCUT2D eigenvalue weighted by Crippen LogP contribution is 2.27. The summed E-state index contributed by atoms with van der Waals surface area (Å²) in [6.07, 6.45) is 4.03. The van der Waals surface area contributed by atoms with Crippen LogP contribution in [0.2, 0.25) is 0 Å². The molecule has 1 aliphatic heterocycles. The van der Waals surface area contributed by atoms with Crippen molar-refractivity contribution in [3.8, 4) is 0 Å². The summed E-state index contributed by atoms with van der Waals surface area (Å²) in [5, 5.41) is 0. The molecule has 0 unspecified atom stereocenters. The number of aromatic nitrogens is 1. The van der Waals surface area contributed by atoms with Gasteiger partial charge in [0.15, 0.2) is 0 Å². The van der Waals surface area contributed by atoms with Gasteiger partial charge in [-0.05, 0) is 31.0 Å². The molecule has 0 N–H and O–H groups in total. The molecule has 0 spiro atoms. The topological polar surface area (TPSA) is 19.4 Å². The predicted molar refractivity (Wildman–Crippen MR) is 72.8 cm³/mol. The Morgan fingerprint density at radius 2 is 1.76 bits per heavy atom. The van der Waals surface area contributed by atoms with Gasteiger partial charge in [-0.3, -0.25) is 4.98 Å². The fourth-order valence-electron chi connectivity index (χ4n) is 2.48. The maximum Gasteiger partial charge on any atom is 0.0586 e. The third-order valence-electron chi connectivity index (χ3n) is 3.69. The van der Waals surface area contributed by atoms with Crippen LogP contribution in [-0.4, -0.2) is 43.1 Å². The summed E-state index contributed by atoms with van der Waals surface area (Å²) in [7, 11) is 2.19. The van der Waals surface area contributed by atoms with E-state index >= 15 is 0 Å². The molecule has 0 atom stereocenters. The summed E-state index contributed by atoms with van der Waals surface area (Å²) >= 11 is 0. The standard InChI is InChI=1S/C14H23N3/c1-11(2)13-9-15-10-14(12(13)3)17-7-5-16(4)6-8-17/h9-11H,5-8H2,1-4H3. The van der Waals surface area contributed by atoms with E-state index in [1.54, 1.807) is 0 Å². The largest absolute Gasteiger partial charge is 0.368 e. The van der Waals surface area contributed by atoms with E-state index in [2.05, 4.69) is 42.6 Å². The number of rotatable bonds is 2. The van der Waals surface area contributed by atoms with Crippen LogP contribution in [0, 0.1) is 6.92 Å². The Kier molecular flexibility index (Phi) is 3.67. The minimum atomic E-state index is 0.551. The van der Waals surface area contributed by atoms with Crippen molar-refractivity contribution in [2.75, 3.05) is 38.1 Å². The van der Waals surface area contributed by atoms with Gasteiger partial charge in [-0.25, -0.2) is 0 Å². The Bertz CT molecular complexity index is 379. The Balaban J connectivity index is 2.24. The number of nitrogens with zero attached hydrogens (tertiary/aromatic N) is 3. The molecule has 0 saturated carbocycles. The molecule has 17 heavy (non-hydrogen) atoms. The first-order valence-electron chi connectivity index (χ1n) is 6.47. The molecule has 1 saturated heterocycles. The van der Waals surface area contributed by atoms with E-state index in [4.69, 9.17) is 0 Å². The van der Waals surface area contributed by atoms with Crippen LogP contribution < -0.4 is 4.90 Å². The summed E-state index contributed by atoms with van der Waals surface area (Å²) in [5.74, 6) is 0.551. The zero-order valence-corrected chi connectivity index (χ0v) is 11.4. The first-order chi connectivity index (χ1) is 8.09. The molecule has 0 radical (unpaired) electrons. The predicted octanol–water partition coefficient (Wildman–Crippen LogP) is 2.27. The summed E-state index contributed by atoms with van der Waals surface area (Å²) in [4.78, 5) is 9.25. The SMILES string of the molecule is Cc1c(C(C)C)cncc1N1CCN(C)CC1. The highest BCUT2D eigenvalue weighted by molar-refractivity contribution is 5.55. The maximum absolute atomic E-state index is 4.41. The van der Waals surface area contributed by atoms with Gasteiger partial charge < -0.3 is 9.80 Å². The van der Waals surface area contributed by atoms with Crippen LogP contribution in [-0.2, 0) is 0 Å².